The van der Waals surface area contributed by atoms with Crippen molar-refractivity contribution in [3.63, 3.8) is 0 Å². The number of methoxy groups -OCH3 is 1. The molecule has 0 unspecified atom stereocenters. The van der Waals surface area contributed by atoms with Crippen LogP contribution in [0.2, 0.25) is 0 Å². The summed E-state index contributed by atoms with van der Waals surface area (Å²) in [6.45, 7) is 2.12. The van der Waals surface area contributed by atoms with E-state index in [9.17, 15) is 22.8 Å². The van der Waals surface area contributed by atoms with E-state index in [-0.39, 0.29) is 35.3 Å². The van der Waals surface area contributed by atoms with Crippen LogP contribution in [0.25, 0.3) is 34.1 Å². The average molecular weight is 647 g/mol. The molecule has 0 saturated heterocycles. The van der Waals surface area contributed by atoms with E-state index in [1.165, 1.54) is 4.52 Å². The Labute approximate surface area is 261 Å². The molecule has 8 rings (SSSR count). The third-order valence-corrected chi connectivity index (χ3v) is 7.16. The summed E-state index contributed by atoms with van der Waals surface area (Å²) in [7, 11) is 1.62. The van der Waals surface area contributed by atoms with Gasteiger partial charge in [0, 0.05) is 29.4 Å². The van der Waals surface area contributed by atoms with Gasteiger partial charge in [0.15, 0.2) is 11.5 Å². The van der Waals surface area contributed by atoms with Crippen molar-refractivity contribution in [1.29, 1.82) is 0 Å². The minimum atomic E-state index is -4.70. The molecular weight excluding hydrogens is 625 g/mol. The van der Waals surface area contributed by atoms with E-state index in [0.717, 1.165) is 5.56 Å². The molecule has 6 aromatic rings. The highest BCUT2D eigenvalue weighted by Gasteiger charge is 2.39. The van der Waals surface area contributed by atoms with E-state index in [0.29, 0.717) is 70.6 Å². The molecule has 0 radical (unpaired) electrons. The molecule has 0 N–H and O–H groups in total. The number of benzene rings is 2. The Bertz CT molecular complexity index is 2180. The van der Waals surface area contributed by atoms with Crippen LogP contribution in [0, 0.1) is 0 Å². The van der Waals surface area contributed by atoms with E-state index in [1.54, 1.807) is 37.4 Å². The van der Waals surface area contributed by atoms with Gasteiger partial charge in [-0.15, -0.1) is 20.4 Å². The lowest BCUT2D eigenvalue weighted by molar-refractivity contribution is -0.146. The quantitative estimate of drug-likeness (QED) is 0.221. The van der Waals surface area contributed by atoms with Crippen LogP contribution in [0.4, 0.5) is 13.2 Å². The molecule has 18 heteroatoms. The van der Waals surface area contributed by atoms with Gasteiger partial charge in [0.25, 0.3) is 17.4 Å². The number of halogens is 3. The topological polar surface area (TPSA) is 174 Å². The fourth-order valence-electron chi connectivity index (χ4n) is 5.01. The molecular formula is C29H21F3N10O5. The number of rotatable bonds is 8. The van der Waals surface area contributed by atoms with Crippen molar-refractivity contribution >= 4 is 23.1 Å². The first kappa shape index (κ1) is 30.1. The molecule has 0 spiro atoms. The van der Waals surface area contributed by atoms with Crippen LogP contribution in [0.3, 0.4) is 0 Å². The van der Waals surface area contributed by atoms with Gasteiger partial charge in [-0.05, 0) is 0 Å². The van der Waals surface area contributed by atoms with Gasteiger partial charge in [-0.1, -0.05) is 48.5 Å². The predicted octanol–water partition coefficient (Wildman–Crippen LogP) is 2.66. The van der Waals surface area contributed by atoms with Crippen molar-refractivity contribution in [2.75, 3.05) is 33.5 Å². The van der Waals surface area contributed by atoms with Gasteiger partial charge in [0.2, 0.25) is 11.6 Å². The summed E-state index contributed by atoms with van der Waals surface area (Å²) in [6.07, 6.45) is -4.70. The van der Waals surface area contributed by atoms with E-state index < -0.39 is 12.0 Å². The first-order valence-electron chi connectivity index (χ1n) is 14.0. The summed E-state index contributed by atoms with van der Waals surface area (Å²) in [5.41, 5.74) is 3.15. The Kier molecular flexibility index (Phi) is 7.66. The number of fused-ring (bicyclic) bond motifs is 8. The lowest BCUT2D eigenvalue weighted by Gasteiger charge is -2.05. The Hall–Kier alpha value is -5.59. The number of ketones is 2. The van der Waals surface area contributed by atoms with Crippen LogP contribution >= 0.6 is 0 Å². The van der Waals surface area contributed by atoms with Crippen LogP contribution in [-0.4, -0.2) is 94.7 Å². The Morgan fingerprint density at radius 2 is 1.19 bits per heavy atom. The van der Waals surface area contributed by atoms with Gasteiger partial charge in [-0.3, -0.25) is 9.59 Å². The lowest BCUT2D eigenvalue weighted by Crippen LogP contribution is -2.14. The van der Waals surface area contributed by atoms with Gasteiger partial charge < -0.3 is 14.2 Å². The van der Waals surface area contributed by atoms with E-state index in [4.69, 9.17) is 14.2 Å². The van der Waals surface area contributed by atoms with Crippen LogP contribution in [0.5, 0.6) is 0 Å². The van der Waals surface area contributed by atoms with Crippen molar-refractivity contribution in [2.45, 2.75) is 12.8 Å². The number of ether oxygens (including phenoxy) is 3. The monoisotopic (exact) mass is 646 g/mol. The average Bonchev–Trinajstić information content (AvgIpc) is 3.82. The molecule has 0 atom stereocenters. The largest absolute Gasteiger partial charge is 0.453 e. The van der Waals surface area contributed by atoms with Gasteiger partial charge in [-0.25, -0.2) is 9.97 Å². The van der Waals surface area contributed by atoms with Gasteiger partial charge in [-0.2, -0.15) is 32.4 Å². The van der Waals surface area contributed by atoms with Gasteiger partial charge in [0.05, 0.1) is 26.4 Å². The fourth-order valence-corrected chi connectivity index (χ4v) is 5.01. The van der Waals surface area contributed by atoms with Crippen molar-refractivity contribution < 1.29 is 37.0 Å². The Balaban J connectivity index is 0.000000153. The molecule has 0 amide bonds. The SMILES string of the molecule is COCCOCCOCc1nnc2nc3c(nn12)C(=O)c1ccccc1-3.O=C1c2ccccc2-c2nn3c(C(F)(F)F)nnc3nc21. The first-order valence-corrected chi connectivity index (χ1v) is 14.0. The van der Waals surface area contributed by atoms with Crippen molar-refractivity contribution in [2.24, 2.45) is 0 Å². The summed E-state index contributed by atoms with van der Waals surface area (Å²) in [6, 6.07) is 13.8. The predicted molar refractivity (Wildman–Crippen MR) is 152 cm³/mol. The van der Waals surface area contributed by atoms with Crippen molar-refractivity contribution in [3.8, 4) is 22.5 Å². The van der Waals surface area contributed by atoms with E-state index >= 15 is 0 Å². The normalized spacial score (nSPS) is 13.0. The molecule has 47 heavy (non-hydrogen) atoms. The van der Waals surface area contributed by atoms with E-state index in [2.05, 4.69) is 40.6 Å². The van der Waals surface area contributed by atoms with E-state index in [1.807, 2.05) is 18.2 Å². The van der Waals surface area contributed by atoms with Crippen molar-refractivity contribution in [1.82, 2.24) is 49.6 Å². The molecule has 4 heterocycles. The van der Waals surface area contributed by atoms with Crippen molar-refractivity contribution in [3.05, 3.63) is 82.7 Å². The number of aromatic nitrogens is 10. The molecule has 15 nitrogen and oxygen atoms in total. The molecule has 2 aliphatic rings. The molecule has 4 aromatic heterocycles. The highest BCUT2D eigenvalue weighted by Crippen LogP contribution is 2.35. The number of carbonyl (C=O) groups is 2. The standard InChI is InChI=1S/C17H17N5O4.C12H4F3N5O/c1-24-6-7-25-8-9-26-10-13-19-20-17-18-14-11-4-2-3-5-12(11)16(23)15(14)21-22(13)17;13-12(14,15)10-17-18-11-16-8-7(19-20(10)11)5-3-1-2-4-6(5)9(8)21/h2-5H,6-10H2,1H3;1-4H. The van der Waals surface area contributed by atoms with Gasteiger partial charge in [0.1, 0.15) is 23.7 Å². The van der Waals surface area contributed by atoms with Crippen LogP contribution in [0.1, 0.15) is 43.8 Å². The molecule has 0 bridgehead atoms. The zero-order chi connectivity index (χ0) is 32.7. The Morgan fingerprint density at radius 3 is 1.89 bits per heavy atom. The maximum absolute atomic E-state index is 12.8. The van der Waals surface area contributed by atoms with Gasteiger partial charge >= 0.3 is 6.18 Å². The second kappa shape index (κ2) is 12.0. The molecule has 238 valence electrons. The lowest BCUT2D eigenvalue weighted by atomic mass is 10.1. The maximum Gasteiger partial charge on any atom is 0.453 e. The summed E-state index contributed by atoms with van der Waals surface area (Å²) in [5.74, 6) is -1.34. The first-order chi connectivity index (χ1) is 22.8. The Morgan fingerprint density at radius 1 is 0.638 bits per heavy atom. The highest BCUT2D eigenvalue weighted by atomic mass is 19.4. The number of hydrogen-bond donors (Lipinski definition) is 0. The maximum atomic E-state index is 12.8. The molecule has 0 fully saturated rings. The molecule has 0 saturated carbocycles. The fraction of sp³-hybridized carbons (Fsp3) is 0.241. The summed E-state index contributed by atoms with van der Waals surface area (Å²) in [4.78, 5) is 33.0. The summed E-state index contributed by atoms with van der Waals surface area (Å²) >= 11 is 0. The third kappa shape index (κ3) is 5.37. The van der Waals surface area contributed by atoms with Crippen LogP contribution < -0.4 is 0 Å². The zero-order valence-corrected chi connectivity index (χ0v) is 24.3. The summed E-state index contributed by atoms with van der Waals surface area (Å²) < 4.78 is 56.2. The second-order valence-electron chi connectivity index (χ2n) is 10.1. The molecule has 2 aromatic carbocycles. The number of carbonyl (C=O) groups excluding carboxylic acids is 2. The number of nitrogens with zero attached hydrogens (tertiary/aromatic N) is 10. The highest BCUT2D eigenvalue weighted by molar-refractivity contribution is 6.20. The summed E-state index contributed by atoms with van der Waals surface area (Å²) in [5, 5.41) is 22.7. The molecule has 0 aliphatic heterocycles. The number of hydrogen-bond acceptors (Lipinski definition) is 13. The number of alkyl halides is 3. The van der Waals surface area contributed by atoms with Crippen LogP contribution in [-0.2, 0) is 27.0 Å². The van der Waals surface area contributed by atoms with Crippen LogP contribution in [0.15, 0.2) is 48.5 Å². The molecule has 2 aliphatic carbocycles. The third-order valence-electron chi connectivity index (χ3n) is 7.16. The smallest absolute Gasteiger partial charge is 0.382 e. The minimum absolute atomic E-state index is 0.00942. The second-order valence-corrected chi connectivity index (χ2v) is 10.1. The zero-order valence-electron chi connectivity index (χ0n) is 24.3. The minimum Gasteiger partial charge on any atom is -0.382 e.